The van der Waals surface area contributed by atoms with E-state index in [1.54, 1.807) is 0 Å². The first-order valence-electron chi connectivity index (χ1n) is 23.2. The van der Waals surface area contributed by atoms with Crippen molar-refractivity contribution in [2.24, 2.45) is 0 Å². The van der Waals surface area contributed by atoms with Crippen LogP contribution in [0, 0.1) is 0 Å². The van der Waals surface area contributed by atoms with Crippen molar-refractivity contribution in [3.63, 3.8) is 0 Å². The molecular weight excluding hydrogens is 845 g/mol. The third kappa shape index (κ3) is 6.53. The zero-order valence-electron chi connectivity index (χ0n) is 37.0. The van der Waals surface area contributed by atoms with Gasteiger partial charge in [0.2, 0.25) is 0 Å². The van der Waals surface area contributed by atoms with Crippen LogP contribution in [0.25, 0.3) is 139 Å². The molecule has 4 heterocycles. The standard InChI is InChI=1S/C63H38N4O2/c1-4-13-39(14-5-1)41-23-25-43(26-24-41)62-64-61(42-17-8-3-9-18-42)65-63(66-62)46-27-31-51-54-36-45(29-34-57(54)68-58(51)37-46)48-20-12-21-52-50-32-30-47(38-59(50)69-60(48)52)67-55-22-11-10-19-49(55)53-35-44(28-33-56(53)67)40-15-6-2-7-16-40/h1-38H. The van der Waals surface area contributed by atoms with Gasteiger partial charge in [-0.1, -0.05) is 170 Å². The van der Waals surface area contributed by atoms with E-state index >= 15 is 0 Å². The average molecular weight is 883 g/mol. The number of hydrogen-bond donors (Lipinski definition) is 0. The molecule has 0 aliphatic carbocycles. The van der Waals surface area contributed by atoms with Gasteiger partial charge in [-0.15, -0.1) is 0 Å². The summed E-state index contributed by atoms with van der Waals surface area (Å²) in [7, 11) is 0. The van der Waals surface area contributed by atoms with Gasteiger partial charge in [0.25, 0.3) is 0 Å². The summed E-state index contributed by atoms with van der Waals surface area (Å²) in [5.74, 6) is 1.79. The second-order valence-corrected chi connectivity index (χ2v) is 17.6. The number of nitrogens with zero attached hydrogens (tertiary/aromatic N) is 4. The fraction of sp³-hybridized carbons (Fsp3) is 0. The average Bonchev–Trinajstić information content (AvgIpc) is 4.10. The Labute approximate surface area is 396 Å². The predicted molar refractivity (Wildman–Crippen MR) is 281 cm³/mol. The van der Waals surface area contributed by atoms with Gasteiger partial charge in [0.1, 0.15) is 22.3 Å². The van der Waals surface area contributed by atoms with Crippen LogP contribution in [0.4, 0.5) is 0 Å². The van der Waals surface area contributed by atoms with Gasteiger partial charge in [0.05, 0.1) is 11.0 Å². The summed E-state index contributed by atoms with van der Waals surface area (Å²) in [6.07, 6.45) is 0. The molecule has 14 rings (SSSR count). The number of para-hydroxylation sites is 2. The minimum absolute atomic E-state index is 0.573. The zero-order valence-corrected chi connectivity index (χ0v) is 37.0. The quantitative estimate of drug-likeness (QED) is 0.159. The van der Waals surface area contributed by atoms with Gasteiger partial charge in [-0.2, -0.15) is 0 Å². The molecule has 14 aromatic rings. The third-order valence-corrected chi connectivity index (χ3v) is 13.5. The van der Waals surface area contributed by atoms with E-state index in [0.717, 1.165) is 99.5 Å². The monoisotopic (exact) mass is 882 g/mol. The molecule has 0 aliphatic heterocycles. The van der Waals surface area contributed by atoms with Crippen LogP contribution < -0.4 is 0 Å². The smallest absolute Gasteiger partial charge is 0.164 e. The van der Waals surface area contributed by atoms with Crippen LogP contribution in [-0.2, 0) is 0 Å². The second-order valence-electron chi connectivity index (χ2n) is 17.6. The van der Waals surface area contributed by atoms with Gasteiger partial charge >= 0.3 is 0 Å². The van der Waals surface area contributed by atoms with Crippen molar-refractivity contribution < 1.29 is 8.83 Å². The van der Waals surface area contributed by atoms with Gasteiger partial charge < -0.3 is 13.4 Å². The molecule has 0 bridgehead atoms. The summed E-state index contributed by atoms with van der Waals surface area (Å²) in [6, 6.07) is 80.4. The topological polar surface area (TPSA) is 69.9 Å². The number of benzene rings is 10. The van der Waals surface area contributed by atoms with Crippen molar-refractivity contribution in [3.05, 3.63) is 231 Å². The molecule has 0 fully saturated rings. The normalized spacial score (nSPS) is 11.8. The minimum Gasteiger partial charge on any atom is -0.456 e. The molecule has 0 N–H and O–H groups in total. The largest absolute Gasteiger partial charge is 0.456 e. The number of rotatable bonds is 7. The fourth-order valence-corrected chi connectivity index (χ4v) is 10.1. The predicted octanol–water partition coefficient (Wildman–Crippen LogP) is 16.8. The molecule has 0 radical (unpaired) electrons. The molecule has 69 heavy (non-hydrogen) atoms. The molecule has 0 saturated carbocycles. The van der Waals surface area contributed by atoms with Crippen molar-refractivity contribution >= 4 is 65.7 Å². The Bertz CT molecular complexity index is 4290. The highest BCUT2D eigenvalue weighted by atomic mass is 16.3. The van der Waals surface area contributed by atoms with E-state index in [4.69, 9.17) is 23.8 Å². The molecule has 0 atom stereocenters. The molecule has 6 heteroatoms. The van der Waals surface area contributed by atoms with E-state index < -0.39 is 0 Å². The van der Waals surface area contributed by atoms with Crippen molar-refractivity contribution in [2.75, 3.05) is 0 Å². The lowest BCUT2D eigenvalue weighted by atomic mass is 10.00. The highest BCUT2D eigenvalue weighted by molar-refractivity contribution is 6.14. The molecule has 0 spiro atoms. The number of hydrogen-bond acceptors (Lipinski definition) is 5. The summed E-state index contributed by atoms with van der Waals surface area (Å²) in [5.41, 5.74) is 16.0. The summed E-state index contributed by atoms with van der Waals surface area (Å²) in [5, 5.41) is 6.61. The van der Waals surface area contributed by atoms with Gasteiger partial charge in [-0.25, -0.2) is 15.0 Å². The first-order valence-corrected chi connectivity index (χ1v) is 23.2. The Morgan fingerprint density at radius 2 is 0.797 bits per heavy atom. The van der Waals surface area contributed by atoms with Crippen molar-refractivity contribution in [3.8, 4) is 73.2 Å². The molecule has 0 amide bonds. The Hall–Kier alpha value is -9.39. The van der Waals surface area contributed by atoms with Crippen LogP contribution in [-0.4, -0.2) is 19.5 Å². The van der Waals surface area contributed by atoms with E-state index in [2.05, 4.69) is 193 Å². The van der Waals surface area contributed by atoms with Gasteiger partial charge in [0, 0.05) is 66.3 Å². The SMILES string of the molecule is c1ccc(-c2ccc(-c3nc(-c4ccccc4)nc(-c4ccc5c(c4)oc4ccc(-c6cccc7c6oc6cc(-n8c9ccccc9c9cc(-c%10ccccc%10)ccc98)ccc67)cc45)n3)cc2)cc1. The van der Waals surface area contributed by atoms with Crippen molar-refractivity contribution in [2.45, 2.75) is 0 Å². The highest BCUT2D eigenvalue weighted by Gasteiger charge is 2.19. The lowest BCUT2D eigenvalue weighted by Crippen LogP contribution is -2.00. The highest BCUT2D eigenvalue weighted by Crippen LogP contribution is 2.41. The Morgan fingerprint density at radius 3 is 1.57 bits per heavy atom. The van der Waals surface area contributed by atoms with Crippen LogP contribution >= 0.6 is 0 Å². The Balaban J connectivity index is 0.834. The van der Waals surface area contributed by atoms with E-state index in [-0.39, 0.29) is 0 Å². The first kappa shape index (κ1) is 38.8. The molecule has 4 aromatic heterocycles. The maximum atomic E-state index is 6.88. The van der Waals surface area contributed by atoms with E-state index in [1.807, 2.05) is 42.5 Å². The third-order valence-electron chi connectivity index (χ3n) is 13.5. The maximum absolute atomic E-state index is 6.88. The summed E-state index contributed by atoms with van der Waals surface area (Å²) in [6.45, 7) is 0. The molecule has 322 valence electrons. The molecule has 0 aliphatic rings. The first-order chi connectivity index (χ1) is 34.2. The van der Waals surface area contributed by atoms with Crippen LogP contribution in [0.1, 0.15) is 0 Å². The fourth-order valence-electron chi connectivity index (χ4n) is 10.1. The van der Waals surface area contributed by atoms with E-state index in [1.165, 1.54) is 21.9 Å². The molecule has 10 aromatic carbocycles. The lowest BCUT2D eigenvalue weighted by molar-refractivity contribution is 0.668. The number of furan rings is 2. The van der Waals surface area contributed by atoms with Crippen LogP contribution in [0.3, 0.4) is 0 Å². The van der Waals surface area contributed by atoms with Crippen molar-refractivity contribution in [1.29, 1.82) is 0 Å². The van der Waals surface area contributed by atoms with Crippen LogP contribution in [0.15, 0.2) is 239 Å². The second kappa shape index (κ2) is 15.6. The van der Waals surface area contributed by atoms with E-state index in [9.17, 15) is 0 Å². The molecule has 6 nitrogen and oxygen atoms in total. The summed E-state index contributed by atoms with van der Waals surface area (Å²) >= 11 is 0. The van der Waals surface area contributed by atoms with Crippen LogP contribution in [0.5, 0.6) is 0 Å². The van der Waals surface area contributed by atoms with Gasteiger partial charge in [0.15, 0.2) is 17.5 Å². The summed E-state index contributed by atoms with van der Waals surface area (Å²) in [4.78, 5) is 15.0. The summed E-state index contributed by atoms with van der Waals surface area (Å²) < 4.78 is 15.8. The van der Waals surface area contributed by atoms with Crippen LogP contribution in [0.2, 0.25) is 0 Å². The molecule has 0 saturated heterocycles. The van der Waals surface area contributed by atoms with Gasteiger partial charge in [-0.3, -0.25) is 0 Å². The minimum atomic E-state index is 0.573. The van der Waals surface area contributed by atoms with Gasteiger partial charge in [-0.05, 0) is 82.4 Å². The van der Waals surface area contributed by atoms with Crippen molar-refractivity contribution in [1.82, 2.24) is 19.5 Å². The molecule has 0 unspecified atom stereocenters. The lowest BCUT2D eigenvalue weighted by Gasteiger charge is -2.09. The Kier molecular flexibility index (Phi) is 8.79. The molecular formula is C63H38N4O2. The number of fused-ring (bicyclic) bond motifs is 9. The zero-order chi connectivity index (χ0) is 45.4. The number of aromatic nitrogens is 4. The van der Waals surface area contributed by atoms with E-state index in [0.29, 0.717) is 17.5 Å². The maximum Gasteiger partial charge on any atom is 0.164 e. The Morgan fingerprint density at radius 1 is 0.275 bits per heavy atom.